The first kappa shape index (κ1) is 10.2. The molecule has 0 aliphatic heterocycles. The van der Waals surface area contributed by atoms with Crippen LogP contribution in [0, 0.1) is 0 Å². The molecule has 0 spiro atoms. The Kier molecular flexibility index (Phi) is 2.73. The molecular weight excluding hydrogens is 258 g/mol. The van der Waals surface area contributed by atoms with Gasteiger partial charge < -0.3 is 0 Å². The highest BCUT2D eigenvalue weighted by Crippen LogP contribution is 2.18. The van der Waals surface area contributed by atoms with Crippen LogP contribution in [0.1, 0.15) is 6.92 Å². The van der Waals surface area contributed by atoms with E-state index >= 15 is 0 Å². The number of aryl methyl sites for hydroxylation is 1. The molecule has 15 heavy (non-hydrogen) atoms. The lowest BCUT2D eigenvalue weighted by molar-refractivity contribution is 0.640. The molecule has 2 aromatic heterocycles. The average Bonchev–Trinajstić information content (AvgIpc) is 2.60. The monoisotopic (exact) mass is 267 g/mol. The predicted molar refractivity (Wildman–Crippen MR) is 61.7 cm³/mol. The lowest BCUT2D eigenvalue weighted by atomic mass is 10.2. The Morgan fingerprint density at radius 2 is 2.27 bits per heavy atom. The summed E-state index contributed by atoms with van der Waals surface area (Å²) >= 11 is 3.34. The summed E-state index contributed by atoms with van der Waals surface area (Å²) in [6.07, 6.45) is 3.43. The van der Waals surface area contributed by atoms with Crippen molar-refractivity contribution >= 4 is 15.9 Å². The number of hydrogen-bond acceptors (Lipinski definition) is 2. The average molecular weight is 268 g/mol. The van der Waals surface area contributed by atoms with E-state index < -0.39 is 0 Å². The van der Waals surface area contributed by atoms with Gasteiger partial charge in [0.2, 0.25) is 0 Å². The van der Waals surface area contributed by atoms with E-state index in [0.717, 1.165) is 15.7 Å². The third-order valence-corrected chi connectivity index (χ3v) is 2.56. The van der Waals surface area contributed by atoms with Crippen molar-refractivity contribution in [1.29, 1.82) is 0 Å². The fourth-order valence-electron chi connectivity index (χ4n) is 1.38. The molecule has 2 aromatic rings. The Morgan fingerprint density at radius 1 is 1.47 bits per heavy atom. The number of pyridine rings is 1. The molecule has 2 heterocycles. The van der Waals surface area contributed by atoms with E-state index in [9.17, 15) is 4.79 Å². The first-order valence-corrected chi connectivity index (χ1v) is 5.41. The number of halogens is 1. The number of nitrogens with zero attached hydrogens (tertiary/aromatic N) is 2. The van der Waals surface area contributed by atoms with Gasteiger partial charge in [0.1, 0.15) is 0 Å². The Labute approximate surface area is 95.1 Å². The smallest absolute Gasteiger partial charge is 0.267 e. The molecule has 0 aliphatic carbocycles. The number of aromatic nitrogens is 3. The Hall–Kier alpha value is -1.36. The summed E-state index contributed by atoms with van der Waals surface area (Å²) in [4.78, 5) is 15.5. The van der Waals surface area contributed by atoms with Gasteiger partial charge in [-0.1, -0.05) is 0 Å². The van der Waals surface area contributed by atoms with Crippen LogP contribution in [0.25, 0.3) is 11.3 Å². The van der Waals surface area contributed by atoms with Crippen molar-refractivity contribution < 1.29 is 0 Å². The van der Waals surface area contributed by atoms with Crippen LogP contribution < -0.4 is 5.56 Å². The molecule has 0 saturated heterocycles. The summed E-state index contributed by atoms with van der Waals surface area (Å²) < 4.78 is 2.45. The van der Waals surface area contributed by atoms with E-state index in [1.807, 2.05) is 13.0 Å². The fourth-order valence-corrected chi connectivity index (χ4v) is 1.74. The van der Waals surface area contributed by atoms with Crippen molar-refractivity contribution in [2.45, 2.75) is 13.5 Å². The van der Waals surface area contributed by atoms with Gasteiger partial charge in [0.15, 0.2) is 0 Å². The third-order valence-electron chi connectivity index (χ3n) is 2.12. The predicted octanol–water partition coefficient (Wildman–Crippen LogP) is 2.02. The largest absolute Gasteiger partial charge is 0.295 e. The Bertz CT molecular complexity index is 529. The highest BCUT2D eigenvalue weighted by atomic mass is 79.9. The third kappa shape index (κ3) is 2.02. The summed E-state index contributed by atoms with van der Waals surface area (Å²) in [6, 6.07) is 3.49. The molecule has 0 fully saturated rings. The van der Waals surface area contributed by atoms with Crippen molar-refractivity contribution in [2.24, 2.45) is 0 Å². The molecule has 4 nitrogen and oxygen atoms in total. The molecule has 2 rings (SSSR count). The van der Waals surface area contributed by atoms with Gasteiger partial charge in [-0.05, 0) is 28.9 Å². The molecule has 78 valence electrons. The number of aromatic amines is 1. The summed E-state index contributed by atoms with van der Waals surface area (Å²) in [6.45, 7) is 2.56. The highest BCUT2D eigenvalue weighted by Gasteiger charge is 2.04. The molecular formula is C10H10BrN3O. The SMILES string of the molecule is CCn1[nH]c(-c2cncc(Br)c2)cc1=O. The second-order valence-corrected chi connectivity index (χ2v) is 4.06. The quantitative estimate of drug-likeness (QED) is 0.905. The van der Waals surface area contributed by atoms with Crippen molar-refractivity contribution in [2.75, 3.05) is 0 Å². The minimum absolute atomic E-state index is 0.0209. The van der Waals surface area contributed by atoms with Crippen LogP contribution in [-0.4, -0.2) is 14.8 Å². The van der Waals surface area contributed by atoms with Crippen molar-refractivity contribution in [3.8, 4) is 11.3 Å². The second kappa shape index (κ2) is 4.02. The van der Waals surface area contributed by atoms with Gasteiger partial charge >= 0.3 is 0 Å². The van der Waals surface area contributed by atoms with E-state index in [1.165, 1.54) is 0 Å². The van der Waals surface area contributed by atoms with Gasteiger partial charge in [0, 0.05) is 35.0 Å². The molecule has 0 saturated carbocycles. The van der Waals surface area contributed by atoms with Crippen molar-refractivity contribution in [3.05, 3.63) is 39.4 Å². The zero-order valence-electron chi connectivity index (χ0n) is 8.20. The molecule has 0 aromatic carbocycles. The zero-order chi connectivity index (χ0) is 10.8. The van der Waals surface area contributed by atoms with Crippen LogP contribution >= 0.6 is 15.9 Å². The molecule has 0 aliphatic rings. The first-order chi connectivity index (χ1) is 7.20. The van der Waals surface area contributed by atoms with Crippen LogP contribution in [0.4, 0.5) is 0 Å². The molecule has 0 bridgehead atoms. The molecule has 5 heteroatoms. The minimum atomic E-state index is -0.0209. The van der Waals surface area contributed by atoms with Gasteiger partial charge in [-0.15, -0.1) is 0 Å². The van der Waals surface area contributed by atoms with E-state index in [0.29, 0.717) is 6.54 Å². The molecule has 0 amide bonds. The lowest BCUT2D eigenvalue weighted by Crippen LogP contribution is -2.13. The van der Waals surface area contributed by atoms with Gasteiger partial charge in [0.05, 0.1) is 5.69 Å². The van der Waals surface area contributed by atoms with Gasteiger partial charge in [-0.2, -0.15) is 0 Å². The van der Waals surface area contributed by atoms with Crippen LogP contribution in [0.15, 0.2) is 33.8 Å². The molecule has 0 radical (unpaired) electrons. The number of rotatable bonds is 2. The molecule has 0 atom stereocenters. The van der Waals surface area contributed by atoms with E-state index in [-0.39, 0.29) is 5.56 Å². The maximum Gasteiger partial charge on any atom is 0.267 e. The van der Waals surface area contributed by atoms with Gasteiger partial charge in [-0.25, -0.2) is 0 Å². The maximum absolute atomic E-state index is 11.4. The number of hydrogen-bond donors (Lipinski definition) is 1. The van der Waals surface area contributed by atoms with Crippen LogP contribution in [0.5, 0.6) is 0 Å². The standard InChI is InChI=1S/C10H10BrN3O/c1-2-14-10(15)4-9(13-14)7-3-8(11)6-12-5-7/h3-6,13H,2H2,1H3. The summed E-state index contributed by atoms with van der Waals surface area (Å²) in [5.41, 5.74) is 1.66. The van der Waals surface area contributed by atoms with E-state index in [4.69, 9.17) is 0 Å². The number of nitrogens with one attached hydrogen (secondary N) is 1. The summed E-state index contributed by atoms with van der Waals surface area (Å²) in [7, 11) is 0. The maximum atomic E-state index is 11.4. The van der Waals surface area contributed by atoms with Crippen LogP contribution in [0.2, 0.25) is 0 Å². The molecule has 1 N–H and O–H groups in total. The molecule has 0 unspecified atom stereocenters. The second-order valence-electron chi connectivity index (χ2n) is 3.14. The minimum Gasteiger partial charge on any atom is -0.295 e. The lowest BCUT2D eigenvalue weighted by Gasteiger charge is -1.98. The highest BCUT2D eigenvalue weighted by molar-refractivity contribution is 9.10. The Morgan fingerprint density at radius 3 is 2.87 bits per heavy atom. The van der Waals surface area contributed by atoms with Crippen molar-refractivity contribution in [3.63, 3.8) is 0 Å². The number of H-pyrrole nitrogens is 1. The van der Waals surface area contributed by atoms with Crippen LogP contribution in [-0.2, 0) is 6.54 Å². The summed E-state index contributed by atoms with van der Waals surface area (Å²) in [5, 5.41) is 3.02. The first-order valence-electron chi connectivity index (χ1n) is 4.61. The topological polar surface area (TPSA) is 50.7 Å². The van der Waals surface area contributed by atoms with Crippen molar-refractivity contribution in [1.82, 2.24) is 14.8 Å². The normalized spacial score (nSPS) is 10.5. The Balaban J connectivity index is 2.50. The van der Waals surface area contributed by atoms with E-state index in [1.54, 1.807) is 23.1 Å². The van der Waals surface area contributed by atoms with Gasteiger partial charge in [0.25, 0.3) is 5.56 Å². The summed E-state index contributed by atoms with van der Waals surface area (Å²) in [5.74, 6) is 0. The van der Waals surface area contributed by atoms with E-state index in [2.05, 4.69) is 26.0 Å². The zero-order valence-corrected chi connectivity index (χ0v) is 9.78. The fraction of sp³-hybridized carbons (Fsp3) is 0.200. The van der Waals surface area contributed by atoms with Gasteiger partial charge in [-0.3, -0.25) is 19.6 Å². The van der Waals surface area contributed by atoms with Crippen LogP contribution in [0.3, 0.4) is 0 Å².